The lowest BCUT2D eigenvalue weighted by Gasteiger charge is -2.07. The van der Waals surface area contributed by atoms with E-state index in [2.05, 4.69) is 10.3 Å². The second-order valence-corrected chi connectivity index (χ2v) is 3.68. The fourth-order valence-corrected chi connectivity index (χ4v) is 1.33. The molecule has 0 aliphatic carbocycles. The molecule has 1 heterocycles. The van der Waals surface area contributed by atoms with Crippen LogP contribution in [0.4, 0.5) is 26.0 Å². The Balaban J connectivity index is 2.25. The number of nitrogens with zero attached hydrogens (tertiary/aromatic N) is 1. The minimum absolute atomic E-state index is 0.416. The van der Waals surface area contributed by atoms with Gasteiger partial charge >= 0.3 is 0 Å². The second-order valence-electron chi connectivity index (χ2n) is 3.68. The van der Waals surface area contributed by atoms with Crippen molar-refractivity contribution < 1.29 is 8.78 Å². The smallest absolute Gasteiger partial charge is 0.160 e. The number of hydrogen-bond acceptors (Lipinski definition) is 3. The molecule has 17 heavy (non-hydrogen) atoms. The van der Waals surface area contributed by atoms with Crippen molar-refractivity contribution in [2.75, 3.05) is 11.1 Å². The Hall–Kier alpha value is -2.17. The Labute approximate surface area is 97.3 Å². The third kappa shape index (κ3) is 2.50. The van der Waals surface area contributed by atoms with Crippen LogP contribution in [0.15, 0.2) is 30.5 Å². The molecule has 1 aromatic heterocycles. The number of aromatic nitrogens is 1. The quantitative estimate of drug-likeness (QED) is 0.841. The van der Waals surface area contributed by atoms with E-state index < -0.39 is 11.6 Å². The summed E-state index contributed by atoms with van der Waals surface area (Å²) in [6.07, 6.45) is 1.61. The number of halogens is 2. The fourth-order valence-electron chi connectivity index (χ4n) is 1.33. The standard InChI is InChI=1S/C12H11F2N3/c1-7-6-16-12(5-11(7)15)17-8-2-3-9(13)10(14)4-8/h2-6H,1H3,(H3,15,16,17). The molecule has 3 nitrogen and oxygen atoms in total. The zero-order valence-electron chi connectivity index (χ0n) is 9.17. The lowest BCUT2D eigenvalue weighted by Crippen LogP contribution is -1.98. The Morgan fingerprint density at radius 3 is 2.59 bits per heavy atom. The highest BCUT2D eigenvalue weighted by Gasteiger charge is 2.04. The van der Waals surface area contributed by atoms with E-state index in [-0.39, 0.29) is 0 Å². The molecule has 3 N–H and O–H groups in total. The van der Waals surface area contributed by atoms with Crippen LogP contribution < -0.4 is 11.1 Å². The maximum Gasteiger partial charge on any atom is 0.160 e. The summed E-state index contributed by atoms with van der Waals surface area (Å²) in [7, 11) is 0. The number of hydrogen-bond donors (Lipinski definition) is 2. The Morgan fingerprint density at radius 2 is 1.94 bits per heavy atom. The lowest BCUT2D eigenvalue weighted by atomic mass is 10.2. The van der Waals surface area contributed by atoms with Crippen molar-refractivity contribution in [2.45, 2.75) is 6.92 Å². The van der Waals surface area contributed by atoms with Crippen molar-refractivity contribution in [3.05, 3.63) is 47.7 Å². The maximum atomic E-state index is 13.0. The summed E-state index contributed by atoms with van der Waals surface area (Å²) >= 11 is 0. The summed E-state index contributed by atoms with van der Waals surface area (Å²) in [5, 5.41) is 2.84. The molecule has 2 rings (SSSR count). The molecule has 0 unspecified atom stereocenters. The molecule has 0 aliphatic rings. The highest BCUT2D eigenvalue weighted by Crippen LogP contribution is 2.20. The summed E-state index contributed by atoms with van der Waals surface area (Å²) in [4.78, 5) is 4.08. The van der Waals surface area contributed by atoms with Crippen molar-refractivity contribution in [3.63, 3.8) is 0 Å². The first-order valence-corrected chi connectivity index (χ1v) is 5.00. The summed E-state index contributed by atoms with van der Waals surface area (Å²) in [6, 6.07) is 5.18. The number of nitrogen functional groups attached to an aromatic ring is 1. The zero-order valence-corrected chi connectivity index (χ0v) is 9.17. The SMILES string of the molecule is Cc1cnc(Nc2ccc(F)c(F)c2)cc1N. The van der Waals surface area contributed by atoms with Crippen LogP contribution in [0.25, 0.3) is 0 Å². The molecule has 5 heteroatoms. The summed E-state index contributed by atoms with van der Waals surface area (Å²) in [6.45, 7) is 1.84. The molecule has 0 saturated heterocycles. The molecule has 0 aliphatic heterocycles. The summed E-state index contributed by atoms with van der Waals surface area (Å²) < 4.78 is 25.7. The number of benzene rings is 1. The Kier molecular flexibility index (Phi) is 2.91. The van der Waals surface area contributed by atoms with Gasteiger partial charge in [0, 0.05) is 29.7 Å². The van der Waals surface area contributed by atoms with Gasteiger partial charge in [0.15, 0.2) is 11.6 Å². The first kappa shape index (κ1) is 11.3. The molecule has 1 aromatic carbocycles. The van der Waals surface area contributed by atoms with E-state index in [1.54, 1.807) is 12.3 Å². The van der Waals surface area contributed by atoms with E-state index in [0.717, 1.165) is 17.7 Å². The van der Waals surface area contributed by atoms with Crippen LogP contribution in [0.5, 0.6) is 0 Å². The van der Waals surface area contributed by atoms with Crippen molar-refractivity contribution in [1.29, 1.82) is 0 Å². The minimum Gasteiger partial charge on any atom is -0.398 e. The van der Waals surface area contributed by atoms with Crippen LogP contribution in [0.3, 0.4) is 0 Å². The van der Waals surface area contributed by atoms with Crippen LogP contribution in [-0.4, -0.2) is 4.98 Å². The van der Waals surface area contributed by atoms with Gasteiger partial charge in [0.2, 0.25) is 0 Å². The molecule has 0 fully saturated rings. The van der Waals surface area contributed by atoms with Crippen molar-refractivity contribution >= 4 is 17.2 Å². The van der Waals surface area contributed by atoms with Gasteiger partial charge in [0.25, 0.3) is 0 Å². The van der Waals surface area contributed by atoms with Crippen molar-refractivity contribution in [2.24, 2.45) is 0 Å². The average Bonchev–Trinajstić information content (AvgIpc) is 2.29. The van der Waals surface area contributed by atoms with E-state index in [1.165, 1.54) is 6.07 Å². The number of nitrogens with two attached hydrogens (primary N) is 1. The van der Waals surface area contributed by atoms with E-state index in [0.29, 0.717) is 17.2 Å². The van der Waals surface area contributed by atoms with Gasteiger partial charge in [0.05, 0.1) is 0 Å². The van der Waals surface area contributed by atoms with Gasteiger partial charge in [0.1, 0.15) is 5.82 Å². The number of aryl methyl sites for hydroxylation is 1. The molecule has 0 saturated carbocycles. The maximum absolute atomic E-state index is 13.0. The minimum atomic E-state index is -0.907. The van der Waals surface area contributed by atoms with Gasteiger partial charge in [-0.25, -0.2) is 13.8 Å². The lowest BCUT2D eigenvalue weighted by molar-refractivity contribution is 0.509. The van der Waals surface area contributed by atoms with Gasteiger partial charge < -0.3 is 11.1 Å². The number of rotatable bonds is 2. The number of pyridine rings is 1. The van der Waals surface area contributed by atoms with Gasteiger partial charge in [-0.1, -0.05) is 0 Å². The topological polar surface area (TPSA) is 50.9 Å². The van der Waals surface area contributed by atoms with E-state index >= 15 is 0 Å². The highest BCUT2D eigenvalue weighted by atomic mass is 19.2. The van der Waals surface area contributed by atoms with Crippen LogP contribution in [0.2, 0.25) is 0 Å². The first-order chi connectivity index (χ1) is 8.06. The van der Waals surface area contributed by atoms with Gasteiger partial charge in [-0.2, -0.15) is 0 Å². The van der Waals surface area contributed by atoms with Gasteiger partial charge in [-0.3, -0.25) is 0 Å². The van der Waals surface area contributed by atoms with Crippen molar-refractivity contribution in [1.82, 2.24) is 4.98 Å². The Bertz CT molecular complexity index is 506. The van der Waals surface area contributed by atoms with Crippen molar-refractivity contribution in [3.8, 4) is 0 Å². The Morgan fingerprint density at radius 1 is 1.18 bits per heavy atom. The molecule has 0 spiro atoms. The third-order valence-corrected chi connectivity index (χ3v) is 2.34. The van der Waals surface area contributed by atoms with Gasteiger partial charge in [-0.05, 0) is 24.6 Å². The largest absolute Gasteiger partial charge is 0.398 e. The predicted octanol–water partition coefficient (Wildman–Crippen LogP) is 2.99. The first-order valence-electron chi connectivity index (χ1n) is 5.00. The van der Waals surface area contributed by atoms with Crippen LogP contribution in [0, 0.1) is 18.6 Å². The molecule has 88 valence electrons. The zero-order chi connectivity index (χ0) is 12.4. The third-order valence-electron chi connectivity index (χ3n) is 2.34. The van der Waals surface area contributed by atoms with E-state index in [9.17, 15) is 8.78 Å². The molecule has 2 aromatic rings. The predicted molar refractivity (Wildman–Crippen MR) is 63.0 cm³/mol. The van der Waals surface area contributed by atoms with E-state index in [4.69, 9.17) is 5.73 Å². The summed E-state index contributed by atoms with van der Waals surface area (Å²) in [5.74, 6) is -1.30. The van der Waals surface area contributed by atoms with Crippen LogP contribution in [-0.2, 0) is 0 Å². The monoisotopic (exact) mass is 235 g/mol. The molecule has 0 amide bonds. The van der Waals surface area contributed by atoms with Gasteiger partial charge in [-0.15, -0.1) is 0 Å². The fraction of sp³-hybridized carbons (Fsp3) is 0.0833. The molecule has 0 atom stereocenters. The molecular formula is C12H11F2N3. The summed E-state index contributed by atoms with van der Waals surface area (Å²) in [5.41, 5.74) is 7.58. The van der Waals surface area contributed by atoms with Crippen LogP contribution >= 0.6 is 0 Å². The molecule has 0 bridgehead atoms. The molecular weight excluding hydrogens is 224 g/mol. The number of nitrogens with one attached hydrogen (secondary N) is 1. The molecule has 0 radical (unpaired) electrons. The highest BCUT2D eigenvalue weighted by molar-refractivity contribution is 5.61. The number of anilines is 3. The normalized spacial score (nSPS) is 10.3. The van der Waals surface area contributed by atoms with Crippen LogP contribution in [0.1, 0.15) is 5.56 Å². The second kappa shape index (κ2) is 4.37. The van der Waals surface area contributed by atoms with E-state index in [1.807, 2.05) is 6.92 Å². The average molecular weight is 235 g/mol.